The number of likely N-dealkylation sites (tertiary alicyclic amines) is 1. The Morgan fingerprint density at radius 1 is 1.08 bits per heavy atom. The Morgan fingerprint density at radius 3 is 2.48 bits per heavy atom. The SMILES string of the molecule is CN1Cc2ccccc2CC2(CCN(C(=O)c3cccs3)CC2)C1=O. The van der Waals surface area contributed by atoms with Gasteiger partial charge in [-0.1, -0.05) is 30.3 Å². The summed E-state index contributed by atoms with van der Waals surface area (Å²) >= 11 is 1.48. The molecule has 3 heterocycles. The minimum absolute atomic E-state index is 0.0969. The number of thiophene rings is 1. The molecule has 0 saturated carbocycles. The second-order valence-corrected chi connectivity index (χ2v) is 8.10. The Labute approximate surface area is 152 Å². The van der Waals surface area contributed by atoms with E-state index in [-0.39, 0.29) is 17.2 Å². The van der Waals surface area contributed by atoms with Gasteiger partial charge in [0.15, 0.2) is 0 Å². The van der Waals surface area contributed by atoms with Crippen LogP contribution in [-0.2, 0) is 17.8 Å². The van der Waals surface area contributed by atoms with E-state index in [4.69, 9.17) is 0 Å². The number of rotatable bonds is 1. The van der Waals surface area contributed by atoms with Gasteiger partial charge in [-0.25, -0.2) is 0 Å². The summed E-state index contributed by atoms with van der Waals surface area (Å²) in [6.07, 6.45) is 2.26. The highest BCUT2D eigenvalue weighted by Crippen LogP contribution is 2.40. The van der Waals surface area contributed by atoms with Gasteiger partial charge in [0.2, 0.25) is 5.91 Å². The van der Waals surface area contributed by atoms with Crippen molar-refractivity contribution >= 4 is 23.2 Å². The van der Waals surface area contributed by atoms with Gasteiger partial charge in [-0.2, -0.15) is 0 Å². The summed E-state index contributed by atoms with van der Waals surface area (Å²) in [4.78, 5) is 30.3. The van der Waals surface area contributed by atoms with E-state index in [9.17, 15) is 9.59 Å². The highest BCUT2D eigenvalue weighted by Gasteiger charge is 2.45. The zero-order chi connectivity index (χ0) is 17.4. The molecule has 4 nitrogen and oxygen atoms in total. The van der Waals surface area contributed by atoms with Crippen LogP contribution in [0.15, 0.2) is 41.8 Å². The molecule has 1 fully saturated rings. The van der Waals surface area contributed by atoms with Gasteiger partial charge in [0, 0.05) is 26.7 Å². The topological polar surface area (TPSA) is 40.6 Å². The summed E-state index contributed by atoms with van der Waals surface area (Å²) in [5.74, 6) is 0.326. The fourth-order valence-electron chi connectivity index (χ4n) is 4.14. The van der Waals surface area contributed by atoms with Crippen LogP contribution >= 0.6 is 11.3 Å². The smallest absolute Gasteiger partial charge is 0.263 e. The molecule has 2 aliphatic heterocycles. The number of hydrogen-bond donors (Lipinski definition) is 0. The van der Waals surface area contributed by atoms with E-state index in [1.165, 1.54) is 22.5 Å². The molecular weight excluding hydrogens is 332 g/mol. The van der Waals surface area contributed by atoms with Gasteiger partial charge < -0.3 is 9.80 Å². The van der Waals surface area contributed by atoms with Gasteiger partial charge in [-0.15, -0.1) is 11.3 Å². The Bertz CT molecular complexity index is 792. The van der Waals surface area contributed by atoms with Crippen molar-refractivity contribution in [3.8, 4) is 0 Å². The molecule has 2 aromatic rings. The van der Waals surface area contributed by atoms with Crippen molar-refractivity contribution in [2.24, 2.45) is 5.41 Å². The van der Waals surface area contributed by atoms with Gasteiger partial charge in [0.25, 0.3) is 5.91 Å². The van der Waals surface area contributed by atoms with Crippen LogP contribution < -0.4 is 0 Å². The number of nitrogens with zero attached hydrogens (tertiary/aromatic N) is 2. The fourth-order valence-corrected chi connectivity index (χ4v) is 4.83. The highest BCUT2D eigenvalue weighted by atomic mass is 32.1. The number of carbonyl (C=O) groups is 2. The number of hydrogen-bond acceptors (Lipinski definition) is 3. The average Bonchev–Trinajstić information content (AvgIpc) is 3.14. The molecule has 0 bridgehead atoms. The zero-order valence-corrected chi connectivity index (χ0v) is 15.2. The van der Waals surface area contributed by atoms with Gasteiger partial charge in [0.1, 0.15) is 0 Å². The summed E-state index contributed by atoms with van der Waals surface area (Å²) in [6, 6.07) is 12.1. The van der Waals surface area contributed by atoms with Crippen molar-refractivity contribution in [2.45, 2.75) is 25.8 Å². The Balaban J connectivity index is 1.56. The first-order valence-electron chi connectivity index (χ1n) is 8.74. The lowest BCUT2D eigenvalue weighted by molar-refractivity contribution is -0.143. The highest BCUT2D eigenvalue weighted by molar-refractivity contribution is 7.12. The van der Waals surface area contributed by atoms with Crippen molar-refractivity contribution in [1.29, 1.82) is 0 Å². The third-order valence-corrected chi connectivity index (χ3v) is 6.45. The molecule has 0 atom stereocenters. The Kier molecular flexibility index (Phi) is 4.12. The van der Waals surface area contributed by atoms with Crippen molar-refractivity contribution in [2.75, 3.05) is 20.1 Å². The molecule has 25 heavy (non-hydrogen) atoms. The zero-order valence-electron chi connectivity index (χ0n) is 14.4. The summed E-state index contributed by atoms with van der Waals surface area (Å²) in [6.45, 7) is 1.98. The van der Waals surface area contributed by atoms with Crippen LogP contribution in [-0.4, -0.2) is 41.8 Å². The monoisotopic (exact) mass is 354 g/mol. The number of carbonyl (C=O) groups excluding carboxylic acids is 2. The third-order valence-electron chi connectivity index (χ3n) is 5.59. The second-order valence-electron chi connectivity index (χ2n) is 7.16. The molecule has 0 aliphatic carbocycles. The minimum atomic E-state index is -0.367. The Hall–Kier alpha value is -2.14. The van der Waals surface area contributed by atoms with E-state index in [1.54, 1.807) is 0 Å². The van der Waals surface area contributed by atoms with E-state index >= 15 is 0 Å². The van der Waals surface area contributed by atoms with Crippen molar-refractivity contribution < 1.29 is 9.59 Å². The van der Waals surface area contributed by atoms with Gasteiger partial charge in [0.05, 0.1) is 10.3 Å². The predicted molar refractivity (Wildman–Crippen MR) is 98.5 cm³/mol. The summed E-state index contributed by atoms with van der Waals surface area (Å²) < 4.78 is 0. The van der Waals surface area contributed by atoms with Crippen LogP contribution in [0.2, 0.25) is 0 Å². The molecule has 0 unspecified atom stereocenters. The summed E-state index contributed by atoms with van der Waals surface area (Å²) in [5.41, 5.74) is 2.15. The third kappa shape index (κ3) is 2.86. The quantitative estimate of drug-likeness (QED) is 0.789. The molecule has 4 rings (SSSR count). The number of piperidine rings is 1. The lowest BCUT2D eigenvalue weighted by atomic mass is 9.73. The maximum atomic E-state index is 13.1. The molecule has 2 amide bonds. The van der Waals surface area contributed by atoms with E-state index in [0.717, 1.165) is 24.1 Å². The van der Waals surface area contributed by atoms with E-state index in [2.05, 4.69) is 18.2 Å². The molecule has 1 aromatic carbocycles. The number of benzene rings is 1. The molecule has 130 valence electrons. The van der Waals surface area contributed by atoms with E-state index in [0.29, 0.717) is 19.6 Å². The van der Waals surface area contributed by atoms with Crippen molar-refractivity contribution in [3.05, 3.63) is 57.8 Å². The lowest BCUT2D eigenvalue weighted by Crippen LogP contribution is -2.50. The van der Waals surface area contributed by atoms with Crippen molar-refractivity contribution in [1.82, 2.24) is 9.80 Å². The van der Waals surface area contributed by atoms with Crippen LogP contribution in [0, 0.1) is 5.41 Å². The maximum Gasteiger partial charge on any atom is 0.263 e. The second kappa shape index (κ2) is 6.30. The van der Waals surface area contributed by atoms with E-state index < -0.39 is 0 Å². The number of amides is 2. The van der Waals surface area contributed by atoms with Crippen LogP contribution in [0.5, 0.6) is 0 Å². The molecule has 2 aliphatic rings. The van der Waals surface area contributed by atoms with Gasteiger partial charge in [-0.3, -0.25) is 9.59 Å². The molecule has 5 heteroatoms. The normalized spacial score (nSPS) is 19.6. The average molecular weight is 354 g/mol. The molecule has 1 saturated heterocycles. The van der Waals surface area contributed by atoms with Crippen LogP contribution in [0.25, 0.3) is 0 Å². The van der Waals surface area contributed by atoms with E-state index in [1.807, 2.05) is 40.4 Å². The maximum absolute atomic E-state index is 13.1. The van der Waals surface area contributed by atoms with Gasteiger partial charge in [-0.05, 0) is 41.8 Å². The lowest BCUT2D eigenvalue weighted by Gasteiger charge is -2.41. The first-order valence-corrected chi connectivity index (χ1v) is 9.62. The molecule has 1 aromatic heterocycles. The first-order chi connectivity index (χ1) is 12.1. The minimum Gasteiger partial charge on any atom is -0.341 e. The predicted octanol–water partition coefficient (Wildman–Crippen LogP) is 3.19. The molecule has 0 N–H and O–H groups in total. The first kappa shape index (κ1) is 16.3. The fraction of sp³-hybridized carbons (Fsp3) is 0.400. The summed E-state index contributed by atoms with van der Waals surface area (Å²) in [7, 11) is 1.90. The molecular formula is C20H22N2O2S. The van der Waals surface area contributed by atoms with Crippen LogP contribution in [0.1, 0.15) is 33.6 Å². The van der Waals surface area contributed by atoms with Crippen LogP contribution in [0.4, 0.5) is 0 Å². The molecule has 0 radical (unpaired) electrons. The number of fused-ring (bicyclic) bond motifs is 1. The standard InChI is InChI=1S/C20H22N2O2S/c1-21-14-16-6-3-2-5-15(16)13-20(19(21)24)8-10-22(11-9-20)18(23)17-7-4-12-25-17/h2-7,12H,8-11,13-14H2,1H3. The Morgan fingerprint density at radius 2 is 1.80 bits per heavy atom. The summed E-state index contributed by atoms with van der Waals surface area (Å²) in [5, 5.41) is 1.93. The largest absolute Gasteiger partial charge is 0.341 e. The van der Waals surface area contributed by atoms with Gasteiger partial charge >= 0.3 is 0 Å². The molecule has 1 spiro atoms. The van der Waals surface area contributed by atoms with Crippen LogP contribution in [0.3, 0.4) is 0 Å². The van der Waals surface area contributed by atoms with Crippen molar-refractivity contribution in [3.63, 3.8) is 0 Å².